The van der Waals surface area contributed by atoms with Crippen LogP contribution in [0.15, 0.2) is 53.1 Å². The zero-order valence-electron chi connectivity index (χ0n) is 14.3. The number of aromatic amines is 1. The van der Waals surface area contributed by atoms with Crippen molar-refractivity contribution in [1.82, 2.24) is 15.1 Å². The molecular weight excluding hydrogens is 332 g/mol. The second-order valence-electron chi connectivity index (χ2n) is 6.19. The maximum Gasteiger partial charge on any atom is 0.276 e. The van der Waals surface area contributed by atoms with Crippen LogP contribution in [-0.4, -0.2) is 47.3 Å². The molecule has 3 aromatic rings. The molecule has 3 heterocycles. The number of carbonyl (C=O) groups is 1. The van der Waals surface area contributed by atoms with Crippen LogP contribution in [0.25, 0.3) is 11.5 Å². The number of nitrogens with zero attached hydrogens (tertiary/aromatic N) is 2. The fraction of sp³-hybridized carbons (Fsp3) is 0.263. The van der Waals surface area contributed by atoms with E-state index in [0.29, 0.717) is 17.1 Å². The number of hydrogen-bond donors (Lipinski definition) is 2. The molecule has 2 aromatic heterocycles. The highest BCUT2D eigenvalue weighted by Crippen LogP contribution is 2.19. The van der Waals surface area contributed by atoms with E-state index in [-0.39, 0.29) is 5.91 Å². The molecule has 7 nitrogen and oxygen atoms in total. The number of aromatic nitrogens is 2. The highest BCUT2D eigenvalue weighted by Gasteiger charge is 2.14. The smallest absolute Gasteiger partial charge is 0.276 e. The second-order valence-corrected chi connectivity index (χ2v) is 6.19. The van der Waals surface area contributed by atoms with Crippen molar-refractivity contribution in [3.63, 3.8) is 0 Å². The summed E-state index contributed by atoms with van der Waals surface area (Å²) in [5.74, 6) is 0.381. The first-order chi connectivity index (χ1) is 12.8. The van der Waals surface area contributed by atoms with E-state index >= 15 is 0 Å². The number of H-pyrrole nitrogens is 1. The summed E-state index contributed by atoms with van der Waals surface area (Å²) in [5.41, 5.74) is 2.89. The van der Waals surface area contributed by atoms with Crippen LogP contribution in [0.4, 0.5) is 5.69 Å². The monoisotopic (exact) mass is 352 g/mol. The van der Waals surface area contributed by atoms with Crippen molar-refractivity contribution in [3.8, 4) is 11.5 Å². The number of furan rings is 1. The molecule has 0 atom stereocenters. The molecule has 0 saturated carbocycles. The molecule has 134 valence electrons. The highest BCUT2D eigenvalue weighted by atomic mass is 16.5. The van der Waals surface area contributed by atoms with Gasteiger partial charge in [-0.2, -0.15) is 5.10 Å². The first-order valence-electron chi connectivity index (χ1n) is 8.57. The van der Waals surface area contributed by atoms with Crippen molar-refractivity contribution in [2.24, 2.45) is 0 Å². The Morgan fingerprint density at radius 1 is 1.19 bits per heavy atom. The van der Waals surface area contributed by atoms with Crippen molar-refractivity contribution in [1.29, 1.82) is 0 Å². The predicted molar refractivity (Wildman–Crippen MR) is 96.8 cm³/mol. The average Bonchev–Trinajstić information content (AvgIpc) is 3.34. The zero-order valence-corrected chi connectivity index (χ0v) is 14.3. The van der Waals surface area contributed by atoms with Crippen molar-refractivity contribution >= 4 is 11.6 Å². The Balaban J connectivity index is 1.42. The summed E-state index contributed by atoms with van der Waals surface area (Å²) in [4.78, 5) is 14.8. The van der Waals surface area contributed by atoms with Crippen LogP contribution < -0.4 is 5.32 Å². The fourth-order valence-corrected chi connectivity index (χ4v) is 2.96. The number of anilines is 1. The average molecular weight is 352 g/mol. The maximum absolute atomic E-state index is 12.4. The van der Waals surface area contributed by atoms with Gasteiger partial charge in [0.15, 0.2) is 11.5 Å². The number of hydrogen-bond acceptors (Lipinski definition) is 5. The molecule has 0 bridgehead atoms. The molecule has 1 saturated heterocycles. The van der Waals surface area contributed by atoms with Gasteiger partial charge < -0.3 is 14.5 Å². The molecule has 0 spiro atoms. The van der Waals surface area contributed by atoms with Gasteiger partial charge in [-0.1, -0.05) is 12.1 Å². The van der Waals surface area contributed by atoms with Gasteiger partial charge in [0.2, 0.25) is 0 Å². The third kappa shape index (κ3) is 3.84. The Hall–Kier alpha value is -2.90. The van der Waals surface area contributed by atoms with Gasteiger partial charge in [-0.15, -0.1) is 0 Å². The maximum atomic E-state index is 12.4. The van der Waals surface area contributed by atoms with Gasteiger partial charge in [0.05, 0.1) is 19.5 Å². The number of morpholine rings is 1. The quantitative estimate of drug-likeness (QED) is 0.738. The third-order valence-corrected chi connectivity index (χ3v) is 4.29. The van der Waals surface area contributed by atoms with Crippen molar-refractivity contribution < 1.29 is 13.9 Å². The Morgan fingerprint density at radius 3 is 2.88 bits per heavy atom. The van der Waals surface area contributed by atoms with Crippen LogP contribution in [0.2, 0.25) is 0 Å². The minimum absolute atomic E-state index is 0.262. The van der Waals surface area contributed by atoms with E-state index in [9.17, 15) is 4.79 Å². The van der Waals surface area contributed by atoms with E-state index in [1.165, 1.54) is 0 Å². The van der Waals surface area contributed by atoms with Gasteiger partial charge in [0.1, 0.15) is 5.69 Å². The summed E-state index contributed by atoms with van der Waals surface area (Å²) >= 11 is 0. The summed E-state index contributed by atoms with van der Waals surface area (Å²) in [6.07, 6.45) is 1.58. The standard InChI is InChI=1S/C19H20N4O3/c24-19(17-12-16(21-22-17)18-5-2-8-26-18)20-15-4-1-3-14(11-15)13-23-6-9-25-10-7-23/h1-5,8,11-12H,6-7,9-10,13H2,(H,20,24)(H,21,22). The molecule has 26 heavy (non-hydrogen) atoms. The number of amides is 1. The molecule has 1 fully saturated rings. The van der Waals surface area contributed by atoms with E-state index in [0.717, 1.165) is 44.1 Å². The minimum Gasteiger partial charge on any atom is -0.463 e. The minimum atomic E-state index is -0.262. The van der Waals surface area contributed by atoms with Crippen LogP contribution in [0.3, 0.4) is 0 Å². The topological polar surface area (TPSA) is 83.4 Å². The van der Waals surface area contributed by atoms with Gasteiger partial charge in [0.25, 0.3) is 5.91 Å². The van der Waals surface area contributed by atoms with Crippen LogP contribution in [-0.2, 0) is 11.3 Å². The number of benzene rings is 1. The molecule has 4 rings (SSSR count). The fourth-order valence-electron chi connectivity index (χ4n) is 2.96. The van der Waals surface area contributed by atoms with Crippen molar-refractivity contribution in [2.75, 3.05) is 31.6 Å². The summed E-state index contributed by atoms with van der Waals surface area (Å²) in [7, 11) is 0. The SMILES string of the molecule is O=C(Nc1cccc(CN2CCOCC2)c1)c1cc(-c2ccco2)[nH]n1. The molecule has 1 aromatic carbocycles. The van der Waals surface area contributed by atoms with E-state index in [4.69, 9.17) is 9.15 Å². The van der Waals surface area contributed by atoms with Crippen molar-refractivity contribution in [2.45, 2.75) is 6.54 Å². The Labute approximate surface area is 151 Å². The van der Waals surface area contributed by atoms with Crippen molar-refractivity contribution in [3.05, 3.63) is 60.0 Å². The largest absolute Gasteiger partial charge is 0.463 e. The molecule has 7 heteroatoms. The lowest BCUT2D eigenvalue weighted by molar-refractivity contribution is 0.0342. The Morgan fingerprint density at radius 2 is 2.08 bits per heavy atom. The zero-order chi connectivity index (χ0) is 17.8. The predicted octanol–water partition coefficient (Wildman–Crippen LogP) is 2.75. The van der Waals surface area contributed by atoms with E-state index in [1.54, 1.807) is 18.4 Å². The van der Waals surface area contributed by atoms with Gasteiger partial charge >= 0.3 is 0 Å². The van der Waals surface area contributed by atoms with Gasteiger partial charge in [-0.25, -0.2) is 0 Å². The lowest BCUT2D eigenvalue weighted by Gasteiger charge is -2.26. The molecule has 1 aliphatic rings. The Bertz CT molecular complexity index is 867. The Kier molecular flexibility index (Phi) is 4.81. The second kappa shape index (κ2) is 7.55. The first-order valence-corrected chi connectivity index (χ1v) is 8.57. The molecule has 1 amide bonds. The highest BCUT2D eigenvalue weighted by molar-refractivity contribution is 6.03. The number of nitrogens with one attached hydrogen (secondary N) is 2. The lowest BCUT2D eigenvalue weighted by atomic mass is 10.1. The van der Waals surface area contributed by atoms with Gasteiger partial charge in [0, 0.05) is 31.4 Å². The summed E-state index contributed by atoms with van der Waals surface area (Å²) in [6.45, 7) is 4.25. The molecule has 0 unspecified atom stereocenters. The van der Waals surface area contributed by atoms with Gasteiger partial charge in [-0.3, -0.25) is 14.8 Å². The summed E-state index contributed by atoms with van der Waals surface area (Å²) in [6, 6.07) is 13.2. The molecule has 0 aliphatic carbocycles. The number of carbonyl (C=O) groups excluding carboxylic acids is 1. The van der Waals surface area contributed by atoms with Crippen LogP contribution >= 0.6 is 0 Å². The molecule has 0 radical (unpaired) electrons. The molecule has 2 N–H and O–H groups in total. The normalized spacial score (nSPS) is 15.1. The van der Waals surface area contributed by atoms with Crippen LogP contribution in [0.1, 0.15) is 16.1 Å². The van der Waals surface area contributed by atoms with E-state index < -0.39 is 0 Å². The van der Waals surface area contributed by atoms with Gasteiger partial charge in [-0.05, 0) is 29.8 Å². The number of ether oxygens (including phenoxy) is 1. The van der Waals surface area contributed by atoms with Crippen LogP contribution in [0, 0.1) is 0 Å². The lowest BCUT2D eigenvalue weighted by Crippen LogP contribution is -2.35. The first kappa shape index (κ1) is 16.6. The van der Waals surface area contributed by atoms with Crippen LogP contribution in [0.5, 0.6) is 0 Å². The number of rotatable bonds is 5. The summed E-state index contributed by atoms with van der Waals surface area (Å²) in [5, 5.41) is 9.78. The van der Waals surface area contributed by atoms with E-state index in [2.05, 4.69) is 26.5 Å². The summed E-state index contributed by atoms with van der Waals surface area (Å²) < 4.78 is 10.7. The molecular formula is C19H20N4O3. The third-order valence-electron chi connectivity index (χ3n) is 4.29. The molecule has 1 aliphatic heterocycles. The van der Waals surface area contributed by atoms with E-state index in [1.807, 2.05) is 24.3 Å².